The molecule has 0 amide bonds. The quantitative estimate of drug-likeness (QED) is 0.390. The van der Waals surface area contributed by atoms with Gasteiger partial charge < -0.3 is 9.16 Å². The summed E-state index contributed by atoms with van der Waals surface area (Å²) in [5, 5.41) is 0. The molecule has 1 aliphatic carbocycles. The van der Waals surface area contributed by atoms with Crippen molar-refractivity contribution in [3.8, 4) is 0 Å². The molecule has 1 aliphatic heterocycles. The van der Waals surface area contributed by atoms with Gasteiger partial charge in [0, 0.05) is 7.11 Å². The first kappa shape index (κ1) is 13.6. The van der Waals surface area contributed by atoms with E-state index in [9.17, 15) is 0 Å². The maximum absolute atomic E-state index is 5.58. The van der Waals surface area contributed by atoms with E-state index in [0.29, 0.717) is 12.2 Å². The van der Waals surface area contributed by atoms with Gasteiger partial charge in [-0.1, -0.05) is 25.7 Å². The van der Waals surface area contributed by atoms with Crippen LogP contribution in [0.25, 0.3) is 0 Å². The Labute approximate surface area is 107 Å². The second-order valence-corrected chi connectivity index (χ2v) is 10.9. The summed E-state index contributed by atoms with van der Waals surface area (Å²) in [5.41, 5.74) is 0. The molecule has 0 aromatic rings. The molecular weight excluding hydrogens is 228 g/mol. The van der Waals surface area contributed by atoms with Gasteiger partial charge in [-0.15, -0.1) is 0 Å². The Morgan fingerprint density at radius 1 is 1.12 bits per heavy atom. The van der Waals surface area contributed by atoms with Gasteiger partial charge in [0.2, 0.25) is 0 Å². The van der Waals surface area contributed by atoms with Gasteiger partial charge in [-0.05, 0) is 44.3 Å². The zero-order chi connectivity index (χ0) is 12.3. The number of ether oxygens (including phenoxy) is 1. The Morgan fingerprint density at radius 3 is 2.65 bits per heavy atom. The summed E-state index contributed by atoms with van der Waals surface area (Å²) in [6.45, 7) is 4.64. The van der Waals surface area contributed by atoms with E-state index in [1.54, 1.807) is 0 Å². The zero-order valence-electron chi connectivity index (χ0n) is 11.7. The molecule has 0 aromatic carbocycles. The minimum absolute atomic E-state index is 0.661. The van der Waals surface area contributed by atoms with Crippen LogP contribution in [0.4, 0.5) is 0 Å². The molecule has 3 atom stereocenters. The van der Waals surface area contributed by atoms with Gasteiger partial charge >= 0.3 is 0 Å². The molecule has 1 heterocycles. The lowest BCUT2D eigenvalue weighted by atomic mass is 9.86. The first-order valence-electron chi connectivity index (χ1n) is 7.31. The number of fused-ring (bicyclic) bond motifs is 1. The fourth-order valence-electron chi connectivity index (χ4n) is 3.01. The average Bonchev–Trinajstić information content (AvgIpc) is 3.07. The highest BCUT2D eigenvalue weighted by Crippen LogP contribution is 2.41. The highest BCUT2D eigenvalue weighted by Gasteiger charge is 2.43. The summed E-state index contributed by atoms with van der Waals surface area (Å²) in [6, 6.07) is 1.32. The van der Waals surface area contributed by atoms with Gasteiger partial charge in [0.1, 0.15) is 0 Å². The molecule has 0 spiro atoms. The van der Waals surface area contributed by atoms with E-state index >= 15 is 0 Å². The van der Waals surface area contributed by atoms with Crippen LogP contribution in [0.2, 0.25) is 19.1 Å². The monoisotopic (exact) mass is 256 g/mol. The van der Waals surface area contributed by atoms with Crippen molar-refractivity contribution >= 4 is 8.32 Å². The fourth-order valence-corrected chi connectivity index (χ4v) is 4.32. The second-order valence-electron chi connectivity index (χ2n) is 6.46. The Morgan fingerprint density at radius 2 is 1.94 bits per heavy atom. The van der Waals surface area contributed by atoms with Crippen LogP contribution < -0.4 is 0 Å². The number of rotatable bonds is 7. The minimum Gasteiger partial charge on any atom is -0.420 e. The standard InChI is InChI=1S/C14H28O2Si/c1-15-17(2,3)10-6-4-5-7-12-8-9-13-14(11-12)16-13/h12-14H,4-11H2,1-3H3. The predicted octanol–water partition coefficient (Wildman–Crippen LogP) is 3.97. The molecule has 3 unspecified atom stereocenters. The highest BCUT2D eigenvalue weighted by atomic mass is 28.4. The highest BCUT2D eigenvalue weighted by molar-refractivity contribution is 6.71. The summed E-state index contributed by atoms with van der Waals surface area (Å²) in [5.74, 6) is 0.964. The van der Waals surface area contributed by atoms with Gasteiger partial charge in [0.25, 0.3) is 0 Å². The smallest absolute Gasteiger partial charge is 0.186 e. The summed E-state index contributed by atoms with van der Waals surface area (Å²) in [6.07, 6.45) is 11.0. The first-order chi connectivity index (χ1) is 8.11. The normalized spacial score (nSPS) is 32.3. The van der Waals surface area contributed by atoms with Gasteiger partial charge in [-0.25, -0.2) is 0 Å². The van der Waals surface area contributed by atoms with E-state index in [0.717, 1.165) is 5.92 Å². The summed E-state index contributed by atoms with van der Waals surface area (Å²) in [7, 11) is 0.584. The molecule has 0 bridgehead atoms. The average molecular weight is 256 g/mol. The van der Waals surface area contributed by atoms with E-state index in [-0.39, 0.29) is 0 Å². The van der Waals surface area contributed by atoms with Crippen LogP contribution in [0.3, 0.4) is 0 Å². The van der Waals surface area contributed by atoms with Crippen LogP contribution in [0.5, 0.6) is 0 Å². The van der Waals surface area contributed by atoms with E-state index in [2.05, 4.69) is 13.1 Å². The van der Waals surface area contributed by atoms with Gasteiger partial charge in [0.15, 0.2) is 8.32 Å². The van der Waals surface area contributed by atoms with Crippen molar-refractivity contribution in [3.63, 3.8) is 0 Å². The van der Waals surface area contributed by atoms with Crippen molar-refractivity contribution in [1.29, 1.82) is 0 Å². The first-order valence-corrected chi connectivity index (χ1v) is 10.4. The molecule has 17 heavy (non-hydrogen) atoms. The largest absolute Gasteiger partial charge is 0.420 e. The van der Waals surface area contributed by atoms with Crippen LogP contribution in [-0.4, -0.2) is 27.6 Å². The molecule has 0 N–H and O–H groups in total. The Kier molecular flexibility index (Phi) is 4.67. The lowest BCUT2D eigenvalue weighted by molar-refractivity contribution is 0.343. The fraction of sp³-hybridized carbons (Fsp3) is 1.00. The topological polar surface area (TPSA) is 21.8 Å². The lowest BCUT2D eigenvalue weighted by Crippen LogP contribution is -2.27. The molecule has 2 nitrogen and oxygen atoms in total. The van der Waals surface area contributed by atoms with E-state index in [1.807, 2.05) is 7.11 Å². The Bertz CT molecular complexity index is 242. The molecule has 0 aromatic heterocycles. The number of hydrogen-bond donors (Lipinski definition) is 0. The van der Waals surface area contributed by atoms with Crippen molar-refractivity contribution < 1.29 is 9.16 Å². The minimum atomic E-state index is -1.29. The third kappa shape index (κ3) is 4.38. The summed E-state index contributed by atoms with van der Waals surface area (Å²) < 4.78 is 11.2. The maximum Gasteiger partial charge on any atom is 0.186 e. The molecule has 1 saturated carbocycles. The van der Waals surface area contributed by atoms with Crippen LogP contribution >= 0.6 is 0 Å². The molecule has 2 rings (SSSR count). The van der Waals surface area contributed by atoms with Crippen molar-refractivity contribution in [2.75, 3.05) is 7.11 Å². The van der Waals surface area contributed by atoms with Gasteiger partial charge in [0.05, 0.1) is 12.2 Å². The van der Waals surface area contributed by atoms with E-state index < -0.39 is 8.32 Å². The molecule has 3 heteroatoms. The molecule has 2 aliphatic rings. The third-order valence-corrected chi connectivity index (χ3v) is 7.22. The SMILES string of the molecule is CO[Si](C)(C)CCCCCC1CCC2OC2C1. The number of hydrogen-bond acceptors (Lipinski definition) is 2. The van der Waals surface area contributed by atoms with Crippen LogP contribution in [-0.2, 0) is 9.16 Å². The van der Waals surface area contributed by atoms with Crippen LogP contribution in [0.15, 0.2) is 0 Å². The van der Waals surface area contributed by atoms with E-state index in [4.69, 9.17) is 9.16 Å². The molecule has 0 radical (unpaired) electrons. The van der Waals surface area contributed by atoms with Crippen LogP contribution in [0, 0.1) is 5.92 Å². The molecule has 1 saturated heterocycles. The van der Waals surface area contributed by atoms with Gasteiger partial charge in [-0.2, -0.15) is 0 Å². The summed E-state index contributed by atoms with van der Waals surface area (Å²) in [4.78, 5) is 0. The van der Waals surface area contributed by atoms with Crippen molar-refractivity contribution in [2.24, 2.45) is 5.92 Å². The maximum atomic E-state index is 5.58. The number of unbranched alkanes of at least 4 members (excludes halogenated alkanes) is 2. The van der Waals surface area contributed by atoms with Crippen molar-refractivity contribution in [1.82, 2.24) is 0 Å². The lowest BCUT2D eigenvalue weighted by Gasteiger charge is -2.20. The van der Waals surface area contributed by atoms with Gasteiger partial charge in [-0.3, -0.25) is 0 Å². The van der Waals surface area contributed by atoms with Crippen molar-refractivity contribution in [3.05, 3.63) is 0 Å². The third-order valence-electron chi connectivity index (χ3n) is 4.56. The molecular formula is C14H28O2Si. The molecule has 100 valence electrons. The van der Waals surface area contributed by atoms with E-state index in [1.165, 1.54) is 51.0 Å². The number of epoxide rings is 1. The Balaban J connectivity index is 1.48. The summed E-state index contributed by atoms with van der Waals surface area (Å²) >= 11 is 0. The second kappa shape index (κ2) is 5.85. The zero-order valence-corrected chi connectivity index (χ0v) is 12.7. The predicted molar refractivity (Wildman–Crippen MR) is 73.8 cm³/mol. The van der Waals surface area contributed by atoms with Crippen molar-refractivity contribution in [2.45, 2.75) is 76.3 Å². The van der Waals surface area contributed by atoms with Crippen LogP contribution in [0.1, 0.15) is 44.9 Å². The molecule has 2 fully saturated rings. The Hall–Kier alpha value is 0.137.